The highest BCUT2D eigenvalue weighted by Crippen LogP contribution is 2.35. The SMILES string of the molecule is O=C1N[C@@]2(CCCN(C(=O)O)[C@H]2Cc2cccc(-c3ccccc3)c2)CCO1. The fourth-order valence-corrected chi connectivity index (χ4v) is 4.52. The molecule has 6 heteroatoms. The average molecular weight is 380 g/mol. The smallest absolute Gasteiger partial charge is 0.407 e. The first-order valence-electron chi connectivity index (χ1n) is 9.66. The summed E-state index contributed by atoms with van der Waals surface area (Å²) in [5.74, 6) is 0. The van der Waals surface area contributed by atoms with Crippen molar-refractivity contribution in [2.24, 2.45) is 0 Å². The summed E-state index contributed by atoms with van der Waals surface area (Å²) < 4.78 is 5.06. The number of rotatable bonds is 3. The molecule has 0 bridgehead atoms. The molecule has 28 heavy (non-hydrogen) atoms. The van der Waals surface area contributed by atoms with Gasteiger partial charge in [0.15, 0.2) is 0 Å². The molecule has 0 radical (unpaired) electrons. The normalized spacial score (nSPS) is 24.5. The Balaban J connectivity index is 1.66. The molecule has 1 spiro atoms. The molecule has 2 saturated heterocycles. The Morgan fingerprint density at radius 2 is 1.93 bits per heavy atom. The molecule has 0 aliphatic carbocycles. The number of benzene rings is 2. The van der Waals surface area contributed by atoms with Gasteiger partial charge < -0.3 is 20.1 Å². The highest BCUT2D eigenvalue weighted by molar-refractivity contribution is 5.71. The van der Waals surface area contributed by atoms with Gasteiger partial charge in [-0.25, -0.2) is 9.59 Å². The first-order chi connectivity index (χ1) is 13.6. The summed E-state index contributed by atoms with van der Waals surface area (Å²) in [5.41, 5.74) is 2.70. The Hall–Kier alpha value is -3.02. The number of carboxylic acid groups (broad SMARTS) is 1. The standard InChI is InChI=1S/C22H24N2O4/c25-20-23-22(11-13-28-20)10-5-12-24(21(26)27)19(22)15-16-6-4-9-18(14-16)17-7-2-1-3-8-17/h1-4,6-9,14,19H,5,10-13,15H2,(H,23,25)(H,26,27)/t19-,22-/m0/s1. The van der Waals surface area contributed by atoms with Gasteiger partial charge in [0.25, 0.3) is 0 Å². The summed E-state index contributed by atoms with van der Waals surface area (Å²) >= 11 is 0. The van der Waals surface area contributed by atoms with E-state index in [-0.39, 0.29) is 6.04 Å². The molecule has 0 aromatic heterocycles. The van der Waals surface area contributed by atoms with Crippen LogP contribution in [0.4, 0.5) is 9.59 Å². The number of alkyl carbamates (subject to hydrolysis) is 1. The van der Waals surface area contributed by atoms with Gasteiger partial charge in [-0.1, -0.05) is 54.6 Å². The third kappa shape index (κ3) is 3.54. The summed E-state index contributed by atoms with van der Waals surface area (Å²) in [5, 5.41) is 12.7. The van der Waals surface area contributed by atoms with E-state index in [1.807, 2.05) is 30.3 Å². The third-order valence-electron chi connectivity index (χ3n) is 5.88. The maximum absolute atomic E-state index is 12.0. The lowest BCUT2D eigenvalue weighted by Crippen LogP contribution is -2.68. The highest BCUT2D eigenvalue weighted by Gasteiger charge is 2.49. The molecule has 2 atom stereocenters. The molecule has 146 valence electrons. The second-order valence-electron chi connectivity index (χ2n) is 7.53. The van der Waals surface area contributed by atoms with Gasteiger partial charge in [-0.2, -0.15) is 0 Å². The molecule has 0 unspecified atom stereocenters. The number of piperidine rings is 1. The van der Waals surface area contributed by atoms with Crippen LogP contribution in [0.2, 0.25) is 0 Å². The topological polar surface area (TPSA) is 78.9 Å². The number of carbonyl (C=O) groups excluding carboxylic acids is 1. The van der Waals surface area contributed by atoms with Crippen molar-refractivity contribution >= 4 is 12.2 Å². The van der Waals surface area contributed by atoms with Crippen LogP contribution in [0.15, 0.2) is 54.6 Å². The predicted molar refractivity (Wildman–Crippen MR) is 105 cm³/mol. The van der Waals surface area contributed by atoms with Crippen molar-refractivity contribution in [2.45, 2.75) is 37.3 Å². The zero-order chi connectivity index (χ0) is 19.6. The Morgan fingerprint density at radius 3 is 2.68 bits per heavy atom. The quantitative estimate of drug-likeness (QED) is 0.846. The second kappa shape index (κ2) is 7.54. The number of likely N-dealkylation sites (tertiary alicyclic amines) is 1. The zero-order valence-electron chi connectivity index (χ0n) is 15.6. The van der Waals surface area contributed by atoms with Crippen LogP contribution < -0.4 is 5.32 Å². The summed E-state index contributed by atoms with van der Waals surface area (Å²) in [6.07, 6.45) is 1.26. The predicted octanol–water partition coefficient (Wildman–Crippen LogP) is 3.91. The van der Waals surface area contributed by atoms with Crippen molar-refractivity contribution in [3.63, 3.8) is 0 Å². The van der Waals surface area contributed by atoms with E-state index < -0.39 is 17.7 Å². The Bertz CT molecular complexity index is 866. The number of hydrogen-bond donors (Lipinski definition) is 2. The van der Waals surface area contributed by atoms with Gasteiger partial charge in [-0.05, 0) is 36.0 Å². The van der Waals surface area contributed by atoms with E-state index in [0.717, 1.165) is 29.5 Å². The van der Waals surface area contributed by atoms with Gasteiger partial charge in [0.05, 0.1) is 18.2 Å². The number of cyclic esters (lactones) is 1. The molecule has 2 aromatic rings. The van der Waals surface area contributed by atoms with E-state index in [0.29, 0.717) is 26.0 Å². The molecule has 2 amide bonds. The molecule has 2 aliphatic heterocycles. The number of hydrogen-bond acceptors (Lipinski definition) is 3. The number of carbonyl (C=O) groups is 2. The minimum absolute atomic E-state index is 0.319. The average Bonchev–Trinajstić information content (AvgIpc) is 2.70. The Labute approximate surface area is 164 Å². The second-order valence-corrected chi connectivity index (χ2v) is 7.53. The molecule has 2 fully saturated rings. The summed E-state index contributed by atoms with van der Waals surface area (Å²) in [6, 6.07) is 18.0. The zero-order valence-corrected chi connectivity index (χ0v) is 15.6. The van der Waals surface area contributed by atoms with E-state index in [1.165, 1.54) is 4.90 Å². The van der Waals surface area contributed by atoms with E-state index in [4.69, 9.17) is 4.74 Å². The van der Waals surface area contributed by atoms with Crippen LogP contribution in [0.1, 0.15) is 24.8 Å². The molecule has 2 aromatic carbocycles. The monoisotopic (exact) mass is 380 g/mol. The van der Waals surface area contributed by atoms with Crippen molar-refractivity contribution in [2.75, 3.05) is 13.2 Å². The Morgan fingerprint density at radius 1 is 1.14 bits per heavy atom. The van der Waals surface area contributed by atoms with Crippen LogP contribution in [0.25, 0.3) is 11.1 Å². The fraction of sp³-hybridized carbons (Fsp3) is 0.364. The Kier molecular flexibility index (Phi) is 4.94. The maximum atomic E-state index is 12.0. The lowest BCUT2D eigenvalue weighted by Gasteiger charge is -2.50. The van der Waals surface area contributed by atoms with Crippen molar-refractivity contribution in [1.82, 2.24) is 10.2 Å². The van der Waals surface area contributed by atoms with E-state index in [2.05, 4.69) is 29.6 Å². The summed E-state index contributed by atoms with van der Waals surface area (Å²) in [6.45, 7) is 0.802. The van der Waals surface area contributed by atoms with Gasteiger partial charge in [-0.3, -0.25) is 0 Å². The van der Waals surface area contributed by atoms with Crippen LogP contribution in [0.3, 0.4) is 0 Å². The third-order valence-corrected chi connectivity index (χ3v) is 5.88. The van der Waals surface area contributed by atoms with Crippen molar-refractivity contribution in [3.8, 4) is 11.1 Å². The fourth-order valence-electron chi connectivity index (χ4n) is 4.52. The molecule has 6 nitrogen and oxygen atoms in total. The number of amides is 2. The van der Waals surface area contributed by atoms with Gasteiger partial charge in [0.1, 0.15) is 0 Å². The van der Waals surface area contributed by atoms with Gasteiger partial charge in [-0.15, -0.1) is 0 Å². The lowest BCUT2D eigenvalue weighted by molar-refractivity contribution is 0.00715. The van der Waals surface area contributed by atoms with E-state index in [9.17, 15) is 14.7 Å². The first kappa shape index (κ1) is 18.3. The molecule has 2 aliphatic rings. The molecular formula is C22H24N2O4. The van der Waals surface area contributed by atoms with Crippen LogP contribution in [0, 0.1) is 0 Å². The van der Waals surface area contributed by atoms with E-state index >= 15 is 0 Å². The van der Waals surface area contributed by atoms with E-state index in [1.54, 1.807) is 0 Å². The number of nitrogens with one attached hydrogen (secondary N) is 1. The highest BCUT2D eigenvalue weighted by atomic mass is 16.6. The lowest BCUT2D eigenvalue weighted by atomic mass is 9.75. The number of nitrogens with zero attached hydrogens (tertiary/aromatic N) is 1. The minimum atomic E-state index is -0.941. The van der Waals surface area contributed by atoms with Gasteiger partial charge in [0, 0.05) is 13.0 Å². The van der Waals surface area contributed by atoms with Gasteiger partial charge in [0.2, 0.25) is 0 Å². The largest absolute Gasteiger partial charge is 0.465 e. The molecule has 4 rings (SSSR count). The van der Waals surface area contributed by atoms with Crippen LogP contribution in [-0.2, 0) is 11.2 Å². The summed E-state index contributed by atoms with van der Waals surface area (Å²) in [4.78, 5) is 25.4. The molecule has 0 saturated carbocycles. The van der Waals surface area contributed by atoms with Crippen LogP contribution in [-0.4, -0.2) is 46.9 Å². The molecule has 2 heterocycles. The van der Waals surface area contributed by atoms with Crippen molar-refractivity contribution in [1.29, 1.82) is 0 Å². The van der Waals surface area contributed by atoms with Gasteiger partial charge >= 0.3 is 12.2 Å². The van der Waals surface area contributed by atoms with Crippen LogP contribution >= 0.6 is 0 Å². The van der Waals surface area contributed by atoms with Crippen LogP contribution in [0.5, 0.6) is 0 Å². The molecule has 2 N–H and O–H groups in total. The van der Waals surface area contributed by atoms with Crippen molar-refractivity contribution < 1.29 is 19.4 Å². The molecular weight excluding hydrogens is 356 g/mol. The number of ether oxygens (including phenoxy) is 1. The maximum Gasteiger partial charge on any atom is 0.407 e. The summed E-state index contributed by atoms with van der Waals surface area (Å²) in [7, 11) is 0. The van der Waals surface area contributed by atoms with Crippen molar-refractivity contribution in [3.05, 3.63) is 60.2 Å². The minimum Gasteiger partial charge on any atom is -0.465 e. The first-order valence-corrected chi connectivity index (χ1v) is 9.66.